The summed E-state index contributed by atoms with van der Waals surface area (Å²) >= 11 is 0. The van der Waals surface area contributed by atoms with Gasteiger partial charge in [-0.15, -0.1) is 0 Å². The molecule has 1 atom stereocenters. The van der Waals surface area contributed by atoms with Crippen LogP contribution >= 0.6 is 0 Å². The number of morpholine rings is 1. The van der Waals surface area contributed by atoms with Gasteiger partial charge < -0.3 is 20.3 Å². The molecule has 1 fully saturated rings. The lowest BCUT2D eigenvalue weighted by Gasteiger charge is -2.35. The van der Waals surface area contributed by atoms with Crippen LogP contribution in [0.2, 0.25) is 0 Å². The molecule has 160 valence electrons. The molecule has 0 aliphatic carbocycles. The van der Waals surface area contributed by atoms with Crippen molar-refractivity contribution in [3.63, 3.8) is 0 Å². The molecule has 2 aliphatic heterocycles. The number of carbonyl (C=O) groups is 1. The van der Waals surface area contributed by atoms with Gasteiger partial charge in [0, 0.05) is 43.0 Å². The molecule has 2 N–H and O–H groups in total. The molecule has 2 aromatic rings. The number of hydrogen-bond donors (Lipinski definition) is 2. The van der Waals surface area contributed by atoms with Gasteiger partial charge >= 0.3 is 6.03 Å². The van der Waals surface area contributed by atoms with E-state index in [0.717, 1.165) is 61.4 Å². The number of hydrogen-bond acceptors (Lipinski definition) is 6. The summed E-state index contributed by atoms with van der Waals surface area (Å²) in [6.07, 6.45) is 0. The zero-order chi connectivity index (χ0) is 21.1. The normalized spacial score (nSPS) is 18.9. The number of ether oxygens (including phenoxy) is 1. The van der Waals surface area contributed by atoms with Gasteiger partial charge in [0.1, 0.15) is 5.82 Å². The number of aromatic nitrogens is 2. The zero-order valence-corrected chi connectivity index (χ0v) is 17.9. The molecular formula is C22H30N6O2. The number of rotatable bonds is 5. The van der Waals surface area contributed by atoms with Crippen molar-refractivity contribution in [3.05, 3.63) is 35.5 Å². The Morgan fingerprint density at radius 2 is 2.00 bits per heavy atom. The van der Waals surface area contributed by atoms with Crippen molar-refractivity contribution < 1.29 is 9.53 Å². The van der Waals surface area contributed by atoms with Crippen molar-refractivity contribution in [1.82, 2.24) is 20.2 Å². The van der Waals surface area contributed by atoms with Gasteiger partial charge in [-0.1, -0.05) is 6.92 Å². The molecule has 0 spiro atoms. The maximum absolute atomic E-state index is 11.7. The second kappa shape index (κ2) is 8.97. The van der Waals surface area contributed by atoms with E-state index >= 15 is 0 Å². The minimum atomic E-state index is -0.206. The summed E-state index contributed by atoms with van der Waals surface area (Å²) in [5.74, 6) is 1.76. The fourth-order valence-electron chi connectivity index (χ4n) is 3.97. The number of fused-ring (bicyclic) bond motifs is 1. The molecule has 3 heterocycles. The van der Waals surface area contributed by atoms with Gasteiger partial charge in [-0.05, 0) is 44.7 Å². The van der Waals surface area contributed by atoms with Crippen molar-refractivity contribution in [3.8, 4) is 11.4 Å². The second-order valence-corrected chi connectivity index (χ2v) is 7.78. The highest BCUT2D eigenvalue weighted by Gasteiger charge is 2.30. The molecule has 2 aliphatic rings. The van der Waals surface area contributed by atoms with Gasteiger partial charge in [0.2, 0.25) is 0 Å². The SMILES string of the molecule is CCNC(=O)Nc1ccc(-c2nc3c(c(N4CCOCC4C)n2)CN(CC)C3)cc1. The van der Waals surface area contributed by atoms with Crippen molar-refractivity contribution >= 4 is 17.5 Å². The van der Waals surface area contributed by atoms with E-state index in [1.165, 1.54) is 5.56 Å². The first-order valence-corrected chi connectivity index (χ1v) is 10.7. The van der Waals surface area contributed by atoms with Gasteiger partial charge in [-0.3, -0.25) is 4.90 Å². The van der Waals surface area contributed by atoms with Crippen LogP contribution in [0.4, 0.5) is 16.3 Å². The Bertz CT molecular complexity index is 901. The molecule has 2 amide bonds. The predicted molar refractivity (Wildman–Crippen MR) is 118 cm³/mol. The average molecular weight is 411 g/mol. The number of benzene rings is 1. The summed E-state index contributed by atoms with van der Waals surface area (Å²) in [7, 11) is 0. The number of urea groups is 1. The highest BCUT2D eigenvalue weighted by molar-refractivity contribution is 5.89. The first kappa shape index (κ1) is 20.6. The van der Waals surface area contributed by atoms with Crippen LogP contribution in [-0.4, -0.2) is 59.8 Å². The Kier molecular flexibility index (Phi) is 6.15. The Morgan fingerprint density at radius 1 is 1.20 bits per heavy atom. The molecule has 1 saturated heterocycles. The number of nitrogens with one attached hydrogen (secondary N) is 2. The lowest BCUT2D eigenvalue weighted by molar-refractivity contribution is 0.0984. The average Bonchev–Trinajstić information content (AvgIpc) is 3.18. The van der Waals surface area contributed by atoms with Crippen LogP contribution in [0.5, 0.6) is 0 Å². The molecule has 1 aromatic carbocycles. The van der Waals surface area contributed by atoms with Gasteiger partial charge in [0.25, 0.3) is 0 Å². The molecule has 0 bridgehead atoms. The smallest absolute Gasteiger partial charge is 0.319 e. The van der Waals surface area contributed by atoms with Gasteiger partial charge in [0.15, 0.2) is 5.82 Å². The summed E-state index contributed by atoms with van der Waals surface area (Å²) < 4.78 is 5.64. The highest BCUT2D eigenvalue weighted by Crippen LogP contribution is 2.33. The highest BCUT2D eigenvalue weighted by atomic mass is 16.5. The van der Waals surface area contributed by atoms with Crippen molar-refractivity contribution in [2.45, 2.75) is 39.9 Å². The molecule has 0 radical (unpaired) electrons. The topological polar surface area (TPSA) is 82.6 Å². The maximum atomic E-state index is 11.7. The van der Waals surface area contributed by atoms with Crippen LogP contribution in [0.25, 0.3) is 11.4 Å². The van der Waals surface area contributed by atoms with Crippen LogP contribution in [-0.2, 0) is 17.8 Å². The van der Waals surface area contributed by atoms with E-state index in [-0.39, 0.29) is 12.1 Å². The van der Waals surface area contributed by atoms with E-state index in [1.54, 1.807) is 0 Å². The molecule has 8 heteroatoms. The quantitative estimate of drug-likeness (QED) is 0.789. The summed E-state index contributed by atoms with van der Waals surface area (Å²) in [4.78, 5) is 26.4. The zero-order valence-electron chi connectivity index (χ0n) is 17.9. The lowest BCUT2D eigenvalue weighted by Crippen LogP contribution is -2.44. The van der Waals surface area contributed by atoms with Crippen LogP contribution in [0.3, 0.4) is 0 Å². The monoisotopic (exact) mass is 410 g/mol. The van der Waals surface area contributed by atoms with Crippen molar-refractivity contribution in [2.75, 3.05) is 43.1 Å². The van der Waals surface area contributed by atoms with E-state index in [9.17, 15) is 4.79 Å². The fourth-order valence-corrected chi connectivity index (χ4v) is 3.97. The Balaban J connectivity index is 1.65. The standard InChI is InChI=1S/C22H30N6O2/c1-4-23-22(29)24-17-8-6-16(7-9-17)20-25-19-13-27(5-2)12-18(19)21(26-20)28-10-11-30-14-15(28)3/h6-9,15H,4-5,10-14H2,1-3H3,(H2,23,24,29). The number of nitrogens with zero attached hydrogens (tertiary/aromatic N) is 4. The van der Waals surface area contributed by atoms with Crippen LogP contribution in [0, 0.1) is 0 Å². The second-order valence-electron chi connectivity index (χ2n) is 7.78. The molecule has 4 rings (SSSR count). The number of carbonyl (C=O) groups excluding carboxylic acids is 1. The van der Waals surface area contributed by atoms with Gasteiger partial charge in [-0.2, -0.15) is 0 Å². The third-order valence-corrected chi connectivity index (χ3v) is 5.65. The van der Waals surface area contributed by atoms with E-state index in [2.05, 4.69) is 34.3 Å². The molecule has 1 aromatic heterocycles. The summed E-state index contributed by atoms with van der Waals surface area (Å²) in [5, 5.41) is 5.56. The predicted octanol–water partition coefficient (Wildman–Crippen LogP) is 2.85. The van der Waals surface area contributed by atoms with E-state index < -0.39 is 0 Å². The molecule has 0 saturated carbocycles. The Morgan fingerprint density at radius 3 is 2.70 bits per heavy atom. The summed E-state index contributed by atoms with van der Waals surface area (Å²) in [6.45, 7) is 11.8. The van der Waals surface area contributed by atoms with Gasteiger partial charge in [-0.25, -0.2) is 14.8 Å². The van der Waals surface area contributed by atoms with Crippen LogP contribution in [0.15, 0.2) is 24.3 Å². The van der Waals surface area contributed by atoms with E-state index in [4.69, 9.17) is 14.7 Å². The maximum Gasteiger partial charge on any atom is 0.319 e. The van der Waals surface area contributed by atoms with Crippen LogP contribution in [0.1, 0.15) is 32.0 Å². The van der Waals surface area contributed by atoms with Gasteiger partial charge in [0.05, 0.1) is 24.9 Å². The molecule has 8 nitrogen and oxygen atoms in total. The van der Waals surface area contributed by atoms with Crippen LogP contribution < -0.4 is 15.5 Å². The third kappa shape index (κ3) is 4.24. The van der Waals surface area contributed by atoms with Crippen molar-refractivity contribution in [1.29, 1.82) is 0 Å². The van der Waals surface area contributed by atoms with E-state index in [1.807, 2.05) is 31.2 Å². The van der Waals surface area contributed by atoms with E-state index in [0.29, 0.717) is 13.2 Å². The molecule has 1 unspecified atom stereocenters. The Labute approximate surface area is 177 Å². The largest absolute Gasteiger partial charge is 0.377 e. The summed E-state index contributed by atoms with van der Waals surface area (Å²) in [6, 6.07) is 7.77. The molecule has 30 heavy (non-hydrogen) atoms. The third-order valence-electron chi connectivity index (χ3n) is 5.65. The van der Waals surface area contributed by atoms with Crippen molar-refractivity contribution in [2.24, 2.45) is 0 Å². The first-order chi connectivity index (χ1) is 14.6. The first-order valence-electron chi connectivity index (χ1n) is 10.7. The molecular weight excluding hydrogens is 380 g/mol. The minimum absolute atomic E-state index is 0.206. The minimum Gasteiger partial charge on any atom is -0.377 e. The summed E-state index contributed by atoms with van der Waals surface area (Å²) in [5.41, 5.74) is 4.03. The number of amides is 2. The fraction of sp³-hybridized carbons (Fsp3) is 0.500. The lowest BCUT2D eigenvalue weighted by atomic mass is 10.1. The Hall–Kier alpha value is -2.71. The number of anilines is 2.